The highest BCUT2D eigenvalue weighted by atomic mass is 28.4. The fourth-order valence-electron chi connectivity index (χ4n) is 1.89. The van der Waals surface area contributed by atoms with E-state index in [2.05, 4.69) is 46.2 Å². The van der Waals surface area contributed by atoms with E-state index < -0.39 is 37.9 Å². The number of rotatable bonds is 11. The smallest absolute Gasteiger partial charge is 0.331 e. The summed E-state index contributed by atoms with van der Waals surface area (Å²) in [5, 5.41) is 0. The molecule has 0 aromatic rings. The molecule has 0 bridgehead atoms. The summed E-state index contributed by atoms with van der Waals surface area (Å²) in [6.07, 6.45) is 2.65. The Bertz CT molecular complexity index is 464. The molecule has 9 heteroatoms. The molecule has 0 N–H and O–H groups in total. The van der Waals surface area contributed by atoms with Crippen molar-refractivity contribution < 1.29 is 27.3 Å². The number of hydrogen-bond acceptors (Lipinski definition) is 6. The van der Waals surface area contributed by atoms with Gasteiger partial charge in [-0.1, -0.05) is 6.92 Å². The van der Waals surface area contributed by atoms with Crippen LogP contribution < -0.4 is 0 Å². The molecule has 0 amide bonds. The van der Waals surface area contributed by atoms with Gasteiger partial charge in [0.2, 0.25) is 0 Å². The molecule has 0 aliphatic carbocycles. The topological polar surface area (TPSA) is 71.1 Å². The molecule has 0 fully saturated rings. The fourth-order valence-corrected chi connectivity index (χ4v) is 10.4. The zero-order valence-corrected chi connectivity index (χ0v) is 20.9. The molecule has 152 valence electrons. The monoisotopic (exact) mass is 420 g/mol. The molecule has 0 spiro atoms. The predicted molar refractivity (Wildman–Crippen MR) is 111 cm³/mol. The molecule has 1 unspecified atom stereocenters. The first-order valence-electron chi connectivity index (χ1n) is 9.10. The second-order valence-corrected chi connectivity index (χ2v) is 20.8. The highest BCUT2D eigenvalue weighted by Gasteiger charge is 2.32. The van der Waals surface area contributed by atoms with Crippen molar-refractivity contribution in [1.82, 2.24) is 0 Å². The van der Waals surface area contributed by atoms with Crippen LogP contribution >= 0.6 is 0 Å². The van der Waals surface area contributed by atoms with Crippen LogP contribution in [0.4, 0.5) is 0 Å². The zero-order valence-electron chi connectivity index (χ0n) is 17.8. The van der Waals surface area contributed by atoms with Crippen LogP contribution in [0.3, 0.4) is 0 Å². The van der Waals surface area contributed by atoms with E-state index in [9.17, 15) is 9.59 Å². The SMILES string of the molecule is CC(C)OC(=O)C=CC(=O)OCCC(C)[SiH](O[Si](C)(C)C)O[Si](C)(C)C. The van der Waals surface area contributed by atoms with E-state index in [0.29, 0.717) is 6.42 Å². The Labute approximate surface area is 162 Å². The van der Waals surface area contributed by atoms with Crippen molar-refractivity contribution in [2.45, 2.75) is 78.1 Å². The van der Waals surface area contributed by atoms with Gasteiger partial charge in [0.15, 0.2) is 16.6 Å². The van der Waals surface area contributed by atoms with Crippen LogP contribution in [-0.4, -0.2) is 50.6 Å². The molecule has 0 heterocycles. The van der Waals surface area contributed by atoms with E-state index in [1.807, 2.05) is 0 Å². The molecule has 0 aliphatic rings. The third kappa shape index (κ3) is 14.4. The van der Waals surface area contributed by atoms with Crippen LogP contribution in [0.2, 0.25) is 44.8 Å². The van der Waals surface area contributed by atoms with Crippen molar-refractivity contribution in [3.05, 3.63) is 12.2 Å². The maximum atomic E-state index is 11.7. The first-order chi connectivity index (χ1) is 11.7. The number of hydrogen-bond donors (Lipinski definition) is 0. The number of carbonyl (C=O) groups is 2. The van der Waals surface area contributed by atoms with Gasteiger partial charge in [-0.2, -0.15) is 0 Å². The molecule has 0 rings (SSSR count). The van der Waals surface area contributed by atoms with Crippen LogP contribution in [-0.2, 0) is 27.3 Å². The molecule has 1 atom stereocenters. The van der Waals surface area contributed by atoms with Gasteiger partial charge in [0.1, 0.15) is 0 Å². The average Bonchev–Trinajstić information content (AvgIpc) is 2.40. The average molecular weight is 421 g/mol. The van der Waals surface area contributed by atoms with E-state index in [4.69, 9.17) is 17.7 Å². The minimum Gasteiger partial charge on any atom is -0.463 e. The van der Waals surface area contributed by atoms with E-state index in [1.54, 1.807) is 13.8 Å². The minimum atomic E-state index is -1.85. The standard InChI is InChI=1S/C17H36O6Si3/c1-14(2)21-17(19)11-10-16(18)20-13-12-15(3)24(22-25(4,5)6)23-26(7,8)9/h10-11,14-15,24H,12-13H2,1-9H3. The van der Waals surface area contributed by atoms with E-state index in [-0.39, 0.29) is 18.3 Å². The summed E-state index contributed by atoms with van der Waals surface area (Å²) >= 11 is 0. The molecule has 0 saturated carbocycles. The summed E-state index contributed by atoms with van der Waals surface area (Å²) in [5.74, 6) is -1.10. The summed E-state index contributed by atoms with van der Waals surface area (Å²) in [7, 11) is -5.24. The van der Waals surface area contributed by atoms with Gasteiger partial charge in [-0.05, 0) is 65.1 Å². The Morgan fingerprint density at radius 1 is 0.885 bits per heavy atom. The van der Waals surface area contributed by atoms with Gasteiger partial charge in [0.25, 0.3) is 0 Å². The second kappa shape index (κ2) is 11.2. The Hall–Kier alpha value is -0.749. The summed E-state index contributed by atoms with van der Waals surface area (Å²) in [6.45, 7) is 18.8. The second-order valence-electron chi connectivity index (χ2n) is 8.58. The van der Waals surface area contributed by atoms with Crippen molar-refractivity contribution >= 4 is 37.9 Å². The number of esters is 2. The maximum Gasteiger partial charge on any atom is 0.331 e. The first-order valence-corrected chi connectivity index (χ1v) is 17.5. The van der Waals surface area contributed by atoms with Crippen LogP contribution in [0.1, 0.15) is 27.2 Å². The Balaban J connectivity index is 4.49. The van der Waals surface area contributed by atoms with Gasteiger partial charge >= 0.3 is 21.2 Å². The minimum absolute atomic E-state index is 0.219. The molecule has 0 aromatic heterocycles. The maximum absolute atomic E-state index is 11.7. The quantitative estimate of drug-likeness (QED) is 0.288. The molecule has 0 aliphatic heterocycles. The molecule has 0 radical (unpaired) electrons. The van der Waals surface area contributed by atoms with Crippen molar-refractivity contribution in [2.24, 2.45) is 0 Å². The van der Waals surface area contributed by atoms with Crippen LogP contribution in [0.5, 0.6) is 0 Å². The first kappa shape index (κ1) is 25.3. The molecule has 6 nitrogen and oxygen atoms in total. The third-order valence-electron chi connectivity index (χ3n) is 2.93. The van der Waals surface area contributed by atoms with Crippen molar-refractivity contribution in [2.75, 3.05) is 6.61 Å². The van der Waals surface area contributed by atoms with Gasteiger partial charge in [0, 0.05) is 12.2 Å². The normalized spacial score (nSPS) is 14.1. The highest BCUT2D eigenvalue weighted by Crippen LogP contribution is 2.23. The predicted octanol–water partition coefficient (Wildman–Crippen LogP) is 3.74. The third-order valence-corrected chi connectivity index (χ3v) is 11.7. The molecule has 26 heavy (non-hydrogen) atoms. The largest absolute Gasteiger partial charge is 0.463 e. The van der Waals surface area contributed by atoms with Crippen molar-refractivity contribution in [3.8, 4) is 0 Å². The number of carbonyl (C=O) groups excluding carboxylic acids is 2. The van der Waals surface area contributed by atoms with Gasteiger partial charge < -0.3 is 17.7 Å². The Morgan fingerprint density at radius 2 is 1.35 bits per heavy atom. The van der Waals surface area contributed by atoms with Crippen LogP contribution in [0, 0.1) is 0 Å². The van der Waals surface area contributed by atoms with Crippen molar-refractivity contribution in [3.63, 3.8) is 0 Å². The summed E-state index contributed by atoms with van der Waals surface area (Å²) in [4.78, 5) is 23.0. The molecule has 0 saturated heterocycles. The van der Waals surface area contributed by atoms with E-state index in [0.717, 1.165) is 12.2 Å². The molecular formula is C17H36O6Si3. The Morgan fingerprint density at radius 3 is 1.77 bits per heavy atom. The summed E-state index contributed by atoms with van der Waals surface area (Å²) in [5.41, 5.74) is 0.233. The lowest BCUT2D eigenvalue weighted by molar-refractivity contribution is -0.142. The van der Waals surface area contributed by atoms with Crippen LogP contribution in [0.25, 0.3) is 0 Å². The van der Waals surface area contributed by atoms with Gasteiger partial charge in [-0.3, -0.25) is 0 Å². The lowest BCUT2D eigenvalue weighted by Crippen LogP contribution is -2.45. The van der Waals surface area contributed by atoms with Gasteiger partial charge in [0.05, 0.1) is 12.7 Å². The zero-order chi connectivity index (χ0) is 20.5. The lowest BCUT2D eigenvalue weighted by Gasteiger charge is -2.33. The molecular weight excluding hydrogens is 384 g/mol. The van der Waals surface area contributed by atoms with Gasteiger partial charge in [-0.25, -0.2) is 9.59 Å². The summed E-state index contributed by atoms with van der Waals surface area (Å²) < 4.78 is 22.7. The van der Waals surface area contributed by atoms with Crippen molar-refractivity contribution in [1.29, 1.82) is 0 Å². The molecule has 0 aromatic carbocycles. The van der Waals surface area contributed by atoms with Gasteiger partial charge in [-0.15, -0.1) is 0 Å². The lowest BCUT2D eigenvalue weighted by atomic mass is 10.3. The summed E-state index contributed by atoms with van der Waals surface area (Å²) in [6, 6.07) is 0. The fraction of sp³-hybridized carbons (Fsp3) is 0.765. The van der Waals surface area contributed by atoms with Crippen LogP contribution in [0.15, 0.2) is 12.2 Å². The highest BCUT2D eigenvalue weighted by molar-refractivity contribution is 6.81. The van der Waals surface area contributed by atoms with E-state index >= 15 is 0 Å². The Kier molecular flexibility index (Phi) is 10.9. The van der Waals surface area contributed by atoms with E-state index in [1.165, 1.54) is 0 Å². The number of ether oxygens (including phenoxy) is 2.